The van der Waals surface area contributed by atoms with Gasteiger partial charge in [-0.05, 0) is 111 Å². The average molecular weight is 457 g/mol. The van der Waals surface area contributed by atoms with Gasteiger partial charge in [-0.15, -0.1) is 0 Å². The monoisotopic (exact) mass is 456 g/mol. The predicted octanol–water partition coefficient (Wildman–Crippen LogP) is 7.05. The normalized spacial score (nSPS) is 49.6. The maximum atomic E-state index is 11.8. The SMILES string of the molecule is CCOC(=O)C[C@H](C)/C=C/[C@@H](C)[C@H]1CC[C@H]2[C@@H]3C[C@@H](OC)[C@]45C[C@H]4CC[C@]5(C)[C@H]3CC[C@]12C. The van der Waals surface area contributed by atoms with Gasteiger partial charge < -0.3 is 9.47 Å². The molecular formula is C30H48O3. The van der Waals surface area contributed by atoms with Crippen LogP contribution in [-0.2, 0) is 14.3 Å². The number of allylic oxidation sites excluding steroid dienone is 2. The Labute approximate surface area is 202 Å². The van der Waals surface area contributed by atoms with Crippen LogP contribution in [0.2, 0.25) is 0 Å². The third kappa shape index (κ3) is 3.41. The number of hydrogen-bond acceptors (Lipinski definition) is 3. The number of hydrogen-bond donors (Lipinski definition) is 0. The van der Waals surface area contributed by atoms with E-state index in [1.54, 1.807) is 0 Å². The Balaban J connectivity index is 1.30. The molecule has 0 unspecified atom stereocenters. The molecule has 0 saturated heterocycles. The summed E-state index contributed by atoms with van der Waals surface area (Å²) in [6.07, 6.45) is 17.0. The first-order valence-electron chi connectivity index (χ1n) is 14.1. The highest BCUT2D eigenvalue weighted by atomic mass is 16.5. The molecule has 1 spiro atoms. The van der Waals surface area contributed by atoms with Crippen molar-refractivity contribution in [3.8, 4) is 0 Å². The molecule has 11 atom stereocenters. The van der Waals surface area contributed by atoms with E-state index in [1.165, 1.54) is 51.4 Å². The molecule has 0 aliphatic heterocycles. The van der Waals surface area contributed by atoms with Crippen LogP contribution in [0.25, 0.3) is 0 Å². The molecule has 186 valence electrons. The van der Waals surface area contributed by atoms with Crippen LogP contribution in [0.1, 0.15) is 92.4 Å². The summed E-state index contributed by atoms with van der Waals surface area (Å²) in [6, 6.07) is 0. The van der Waals surface area contributed by atoms with E-state index in [-0.39, 0.29) is 11.9 Å². The fourth-order valence-electron chi connectivity index (χ4n) is 10.5. The lowest BCUT2D eigenvalue weighted by atomic mass is 9.45. The van der Waals surface area contributed by atoms with Crippen LogP contribution in [0.3, 0.4) is 0 Å². The molecule has 5 aliphatic rings. The lowest BCUT2D eigenvalue weighted by Crippen LogP contribution is -2.57. The predicted molar refractivity (Wildman–Crippen MR) is 133 cm³/mol. The summed E-state index contributed by atoms with van der Waals surface area (Å²) in [5, 5.41) is 0. The van der Waals surface area contributed by atoms with Gasteiger partial charge in [0.15, 0.2) is 0 Å². The van der Waals surface area contributed by atoms with Crippen LogP contribution in [0.15, 0.2) is 12.2 Å². The van der Waals surface area contributed by atoms with E-state index in [0.29, 0.717) is 41.3 Å². The van der Waals surface area contributed by atoms with Gasteiger partial charge in [0.2, 0.25) is 0 Å². The molecule has 5 rings (SSSR count). The van der Waals surface area contributed by atoms with Crippen LogP contribution < -0.4 is 0 Å². The van der Waals surface area contributed by atoms with Crippen LogP contribution in [0, 0.1) is 57.7 Å². The Morgan fingerprint density at radius 2 is 1.85 bits per heavy atom. The number of esters is 1. The van der Waals surface area contributed by atoms with E-state index >= 15 is 0 Å². The Bertz CT molecular complexity index is 789. The van der Waals surface area contributed by atoms with Crippen LogP contribution in [0.5, 0.6) is 0 Å². The molecular weight excluding hydrogens is 408 g/mol. The molecule has 0 aromatic rings. The molecule has 5 saturated carbocycles. The molecule has 3 heteroatoms. The minimum absolute atomic E-state index is 0.0744. The summed E-state index contributed by atoms with van der Waals surface area (Å²) in [5.74, 6) is 5.10. The van der Waals surface area contributed by atoms with E-state index in [0.717, 1.165) is 29.6 Å². The molecule has 0 heterocycles. The standard InChI is InChI=1S/C30H48O3/c1-7-33-27(31)16-19(2)8-9-20(3)23-10-11-24-22-17-26(32-6)30-18-21(30)12-15-29(30,5)25(22)13-14-28(23,24)4/h8-9,19-26H,7,10-18H2,1-6H3/b9-8+/t19-,20-,21-,22+,23-,24+,25+,26-,28-,29-,30+/m1/s1. The van der Waals surface area contributed by atoms with Crippen LogP contribution in [0.4, 0.5) is 0 Å². The van der Waals surface area contributed by atoms with Crippen LogP contribution in [-0.4, -0.2) is 25.8 Å². The van der Waals surface area contributed by atoms with Gasteiger partial charge >= 0.3 is 5.97 Å². The fourth-order valence-corrected chi connectivity index (χ4v) is 10.5. The number of rotatable bonds is 7. The molecule has 0 aromatic heterocycles. The second-order valence-electron chi connectivity index (χ2n) is 13.2. The van der Waals surface area contributed by atoms with E-state index in [9.17, 15) is 4.79 Å². The third-order valence-electron chi connectivity index (χ3n) is 12.1. The smallest absolute Gasteiger partial charge is 0.306 e. The fraction of sp³-hybridized carbons (Fsp3) is 0.900. The van der Waals surface area contributed by atoms with Gasteiger partial charge in [0.25, 0.3) is 0 Å². The molecule has 0 amide bonds. The Hall–Kier alpha value is -0.830. The zero-order valence-corrected chi connectivity index (χ0v) is 22.1. The Kier molecular flexibility index (Phi) is 6.07. The summed E-state index contributed by atoms with van der Waals surface area (Å²) >= 11 is 0. The Morgan fingerprint density at radius 1 is 1.06 bits per heavy atom. The van der Waals surface area contributed by atoms with Gasteiger partial charge in [-0.1, -0.05) is 39.8 Å². The minimum Gasteiger partial charge on any atom is -0.466 e. The second kappa shape index (κ2) is 8.38. The summed E-state index contributed by atoms with van der Waals surface area (Å²) in [7, 11) is 2.00. The van der Waals surface area contributed by atoms with Crippen molar-refractivity contribution in [3.05, 3.63) is 12.2 Å². The average Bonchev–Trinajstić information content (AvgIpc) is 3.28. The summed E-state index contributed by atoms with van der Waals surface area (Å²) in [6.45, 7) is 12.2. The summed E-state index contributed by atoms with van der Waals surface area (Å²) in [4.78, 5) is 11.8. The molecule has 0 radical (unpaired) electrons. The molecule has 0 bridgehead atoms. The van der Waals surface area contributed by atoms with Gasteiger partial charge in [-0.3, -0.25) is 4.79 Å². The van der Waals surface area contributed by atoms with Crippen molar-refractivity contribution >= 4 is 5.97 Å². The second-order valence-corrected chi connectivity index (χ2v) is 13.2. The summed E-state index contributed by atoms with van der Waals surface area (Å²) in [5.41, 5.74) is 1.50. The van der Waals surface area contributed by atoms with E-state index < -0.39 is 0 Å². The number of carbonyl (C=O) groups is 1. The highest BCUT2D eigenvalue weighted by molar-refractivity contribution is 5.69. The van der Waals surface area contributed by atoms with Crippen molar-refractivity contribution in [2.45, 2.75) is 98.5 Å². The lowest BCUT2D eigenvalue weighted by molar-refractivity contribution is -0.160. The number of ether oxygens (including phenoxy) is 2. The van der Waals surface area contributed by atoms with Crippen molar-refractivity contribution < 1.29 is 14.3 Å². The van der Waals surface area contributed by atoms with Crippen molar-refractivity contribution in [3.63, 3.8) is 0 Å². The van der Waals surface area contributed by atoms with Gasteiger partial charge in [0.05, 0.1) is 19.1 Å². The largest absolute Gasteiger partial charge is 0.466 e. The number of methoxy groups -OCH3 is 1. The number of carbonyl (C=O) groups excluding carboxylic acids is 1. The summed E-state index contributed by atoms with van der Waals surface area (Å²) < 4.78 is 11.4. The highest BCUT2D eigenvalue weighted by Crippen LogP contribution is 2.82. The van der Waals surface area contributed by atoms with Gasteiger partial charge in [0.1, 0.15) is 0 Å². The number of fused-ring (bicyclic) bond motifs is 4. The topological polar surface area (TPSA) is 35.5 Å². The maximum absolute atomic E-state index is 11.8. The van der Waals surface area contributed by atoms with Gasteiger partial charge in [0, 0.05) is 12.5 Å². The van der Waals surface area contributed by atoms with E-state index in [1.807, 2.05) is 14.0 Å². The first kappa shape index (κ1) is 23.9. The molecule has 5 aliphatic carbocycles. The lowest BCUT2D eigenvalue weighted by Gasteiger charge is -2.61. The maximum Gasteiger partial charge on any atom is 0.306 e. The first-order valence-corrected chi connectivity index (χ1v) is 14.1. The zero-order chi connectivity index (χ0) is 23.6. The van der Waals surface area contributed by atoms with Gasteiger partial charge in [-0.25, -0.2) is 0 Å². The molecule has 0 aromatic carbocycles. The Morgan fingerprint density at radius 3 is 2.55 bits per heavy atom. The van der Waals surface area contributed by atoms with Gasteiger partial charge in [-0.2, -0.15) is 0 Å². The van der Waals surface area contributed by atoms with Crippen molar-refractivity contribution in [1.29, 1.82) is 0 Å². The van der Waals surface area contributed by atoms with Crippen molar-refractivity contribution in [2.24, 2.45) is 57.7 Å². The third-order valence-corrected chi connectivity index (χ3v) is 12.1. The quantitative estimate of drug-likeness (QED) is 0.304. The van der Waals surface area contributed by atoms with Crippen molar-refractivity contribution in [2.75, 3.05) is 13.7 Å². The first-order chi connectivity index (χ1) is 15.7. The highest BCUT2D eigenvalue weighted by Gasteiger charge is 2.77. The van der Waals surface area contributed by atoms with Crippen LogP contribution >= 0.6 is 0 Å². The van der Waals surface area contributed by atoms with E-state index in [2.05, 4.69) is 39.8 Å². The van der Waals surface area contributed by atoms with E-state index in [4.69, 9.17) is 9.47 Å². The zero-order valence-electron chi connectivity index (χ0n) is 22.1. The molecule has 33 heavy (non-hydrogen) atoms. The van der Waals surface area contributed by atoms with Crippen molar-refractivity contribution in [1.82, 2.24) is 0 Å². The molecule has 5 fully saturated rings. The molecule has 0 N–H and O–H groups in total. The minimum atomic E-state index is -0.0744. The molecule has 3 nitrogen and oxygen atoms in total.